The van der Waals surface area contributed by atoms with E-state index in [1.165, 1.54) is 0 Å². The maximum absolute atomic E-state index is 5.87. The average Bonchev–Trinajstić information content (AvgIpc) is 3.36. The van der Waals surface area contributed by atoms with Crippen molar-refractivity contribution in [2.45, 2.75) is 6.92 Å². The number of hydrogen-bond donors (Lipinski definition) is 2. The molecule has 0 aliphatic carbocycles. The Bertz CT molecular complexity index is 1180. The van der Waals surface area contributed by atoms with E-state index in [1.54, 1.807) is 35.1 Å². The zero-order chi connectivity index (χ0) is 21.8. The first-order valence-corrected chi connectivity index (χ1v) is 9.64. The van der Waals surface area contributed by atoms with Crippen molar-refractivity contribution in [3.05, 3.63) is 66.7 Å². The smallest absolute Gasteiger partial charge is 0.169 e. The molecule has 0 atom stereocenters. The first-order valence-electron chi connectivity index (χ1n) is 9.64. The minimum Gasteiger partial charge on any atom is -0.493 e. The molecule has 0 unspecified atom stereocenters. The first kappa shape index (κ1) is 20.1. The molecule has 160 valence electrons. The molecule has 0 aliphatic heterocycles. The molecule has 0 radical (unpaired) electrons. The number of hydrogen-bond acceptors (Lipinski definition) is 7. The van der Waals surface area contributed by atoms with Gasteiger partial charge in [0, 0.05) is 20.2 Å². The number of rotatable bonds is 8. The van der Waals surface area contributed by atoms with Crippen molar-refractivity contribution >= 4 is 11.4 Å². The van der Waals surface area contributed by atoms with Crippen LogP contribution in [0.1, 0.15) is 5.56 Å². The van der Waals surface area contributed by atoms with Gasteiger partial charge < -0.3 is 25.1 Å². The van der Waals surface area contributed by atoms with Crippen LogP contribution in [-0.4, -0.2) is 26.7 Å². The summed E-state index contributed by atoms with van der Waals surface area (Å²) in [4.78, 5) is 0. The van der Waals surface area contributed by atoms with Crippen LogP contribution in [0.5, 0.6) is 28.7 Å². The average molecular weight is 420 g/mol. The quantitative estimate of drug-likeness (QED) is 0.406. The van der Waals surface area contributed by atoms with Crippen molar-refractivity contribution < 1.29 is 14.2 Å². The lowest BCUT2D eigenvalue weighted by molar-refractivity contribution is 0.379. The van der Waals surface area contributed by atoms with Crippen LogP contribution in [-0.2, 0) is 14.1 Å². The van der Waals surface area contributed by atoms with E-state index in [-0.39, 0.29) is 0 Å². The zero-order valence-corrected chi connectivity index (χ0v) is 17.8. The largest absolute Gasteiger partial charge is 0.493 e. The van der Waals surface area contributed by atoms with Gasteiger partial charge in [-0.1, -0.05) is 0 Å². The van der Waals surface area contributed by atoms with E-state index in [0.717, 1.165) is 22.7 Å². The van der Waals surface area contributed by atoms with Gasteiger partial charge in [0.15, 0.2) is 23.0 Å². The molecule has 9 heteroatoms. The SMILES string of the molecule is COc1cc(NNc2ccc(Oc3cnn(C)c3)c(C)c2)ccc1Oc1cnn(C)c1. The monoisotopic (exact) mass is 420 g/mol. The van der Waals surface area contributed by atoms with E-state index in [4.69, 9.17) is 14.2 Å². The highest BCUT2D eigenvalue weighted by molar-refractivity contribution is 5.60. The summed E-state index contributed by atoms with van der Waals surface area (Å²) < 4.78 is 20.6. The summed E-state index contributed by atoms with van der Waals surface area (Å²) in [7, 11) is 5.29. The van der Waals surface area contributed by atoms with Crippen LogP contribution in [0.25, 0.3) is 0 Å². The van der Waals surface area contributed by atoms with Crippen molar-refractivity contribution in [2.24, 2.45) is 14.1 Å². The van der Waals surface area contributed by atoms with Crippen molar-refractivity contribution in [2.75, 3.05) is 18.0 Å². The molecule has 0 saturated heterocycles. The fourth-order valence-corrected chi connectivity index (χ4v) is 2.97. The Hall–Kier alpha value is -4.14. The van der Waals surface area contributed by atoms with Crippen LogP contribution in [0.15, 0.2) is 61.2 Å². The standard InChI is InChI=1S/C22H24N6O3/c1-15-9-16(5-7-20(15)30-18-11-23-27(2)13-18)25-26-17-6-8-21(22(10-17)29-4)31-19-12-24-28(3)14-19/h5-14,25-26H,1-4H3. The summed E-state index contributed by atoms with van der Waals surface area (Å²) in [5, 5.41) is 8.22. The molecule has 0 amide bonds. The molecular weight excluding hydrogens is 396 g/mol. The Morgan fingerprint density at radius 2 is 1.29 bits per heavy atom. The fraction of sp³-hybridized carbons (Fsp3) is 0.182. The molecule has 0 fully saturated rings. The van der Waals surface area contributed by atoms with E-state index < -0.39 is 0 Å². The molecule has 2 aromatic carbocycles. The summed E-state index contributed by atoms with van der Waals surface area (Å²) in [5.41, 5.74) is 9.07. The summed E-state index contributed by atoms with van der Waals surface area (Å²) in [5.74, 6) is 3.33. The van der Waals surface area contributed by atoms with Gasteiger partial charge in [-0.2, -0.15) is 10.2 Å². The Balaban J connectivity index is 1.40. The summed E-state index contributed by atoms with van der Waals surface area (Å²) in [6, 6.07) is 11.4. The normalized spacial score (nSPS) is 10.6. The van der Waals surface area contributed by atoms with Crippen molar-refractivity contribution in [3.8, 4) is 28.7 Å². The lowest BCUT2D eigenvalue weighted by atomic mass is 10.2. The van der Waals surface area contributed by atoms with Gasteiger partial charge in [-0.25, -0.2) is 0 Å². The minimum atomic E-state index is 0.604. The number of anilines is 2. The molecule has 31 heavy (non-hydrogen) atoms. The van der Waals surface area contributed by atoms with Crippen LogP contribution < -0.4 is 25.1 Å². The summed E-state index contributed by atoms with van der Waals surface area (Å²) in [6.07, 6.45) is 6.94. The first-order chi connectivity index (χ1) is 15.0. The molecule has 0 aliphatic rings. The van der Waals surface area contributed by atoms with Gasteiger partial charge in [0.05, 0.1) is 43.3 Å². The molecular formula is C22H24N6O3. The Morgan fingerprint density at radius 1 is 0.742 bits per heavy atom. The van der Waals surface area contributed by atoms with Crippen molar-refractivity contribution in [3.63, 3.8) is 0 Å². The lowest BCUT2D eigenvalue weighted by Crippen LogP contribution is -2.09. The van der Waals surface area contributed by atoms with Gasteiger partial charge in [0.1, 0.15) is 5.75 Å². The summed E-state index contributed by atoms with van der Waals surface area (Å²) >= 11 is 0. The second-order valence-electron chi connectivity index (χ2n) is 7.00. The second kappa shape index (κ2) is 8.70. The van der Waals surface area contributed by atoms with Gasteiger partial charge in [-0.05, 0) is 42.8 Å². The summed E-state index contributed by atoms with van der Waals surface area (Å²) in [6.45, 7) is 1.99. The maximum atomic E-state index is 5.87. The number of benzene rings is 2. The molecule has 0 bridgehead atoms. The number of nitrogens with one attached hydrogen (secondary N) is 2. The molecule has 2 heterocycles. The number of methoxy groups -OCH3 is 1. The molecule has 2 aromatic heterocycles. The van der Waals surface area contributed by atoms with Crippen molar-refractivity contribution in [1.82, 2.24) is 19.6 Å². The predicted octanol–water partition coefficient (Wildman–Crippen LogP) is 4.49. The Labute approximate surface area is 180 Å². The zero-order valence-electron chi connectivity index (χ0n) is 17.8. The number of ether oxygens (including phenoxy) is 3. The molecule has 9 nitrogen and oxygen atoms in total. The van der Waals surface area contributed by atoms with Gasteiger partial charge in [0.25, 0.3) is 0 Å². The van der Waals surface area contributed by atoms with E-state index in [0.29, 0.717) is 23.0 Å². The molecule has 4 rings (SSSR count). The maximum Gasteiger partial charge on any atom is 0.169 e. The van der Waals surface area contributed by atoms with Crippen LogP contribution in [0.4, 0.5) is 11.4 Å². The highest BCUT2D eigenvalue weighted by atomic mass is 16.5. The molecule has 2 N–H and O–H groups in total. The molecule has 0 spiro atoms. The van der Waals surface area contributed by atoms with Crippen LogP contribution in [0.2, 0.25) is 0 Å². The Kier molecular flexibility index (Phi) is 5.65. The number of aromatic nitrogens is 4. The van der Waals surface area contributed by atoms with Gasteiger partial charge >= 0.3 is 0 Å². The lowest BCUT2D eigenvalue weighted by Gasteiger charge is -2.14. The topological polar surface area (TPSA) is 87.4 Å². The second-order valence-corrected chi connectivity index (χ2v) is 7.00. The van der Waals surface area contributed by atoms with Crippen LogP contribution >= 0.6 is 0 Å². The van der Waals surface area contributed by atoms with Crippen molar-refractivity contribution in [1.29, 1.82) is 0 Å². The minimum absolute atomic E-state index is 0.604. The number of hydrazine groups is 1. The third kappa shape index (κ3) is 4.89. The highest BCUT2D eigenvalue weighted by Gasteiger charge is 2.09. The third-order valence-corrected chi connectivity index (χ3v) is 4.51. The Morgan fingerprint density at radius 3 is 1.81 bits per heavy atom. The van der Waals surface area contributed by atoms with Gasteiger partial charge in [0.2, 0.25) is 0 Å². The van der Waals surface area contributed by atoms with Crippen LogP contribution in [0.3, 0.4) is 0 Å². The van der Waals surface area contributed by atoms with E-state index in [2.05, 4.69) is 21.0 Å². The van der Waals surface area contributed by atoms with Crippen LogP contribution in [0, 0.1) is 6.92 Å². The molecule has 4 aromatic rings. The fourth-order valence-electron chi connectivity index (χ4n) is 2.97. The van der Waals surface area contributed by atoms with Gasteiger partial charge in [-0.3, -0.25) is 9.36 Å². The number of aryl methyl sites for hydroxylation is 3. The van der Waals surface area contributed by atoms with E-state index >= 15 is 0 Å². The van der Waals surface area contributed by atoms with Gasteiger partial charge in [-0.15, -0.1) is 0 Å². The van der Waals surface area contributed by atoms with E-state index in [9.17, 15) is 0 Å². The van der Waals surface area contributed by atoms with E-state index in [1.807, 2.05) is 63.6 Å². The number of nitrogens with zero attached hydrogens (tertiary/aromatic N) is 4. The molecule has 0 saturated carbocycles. The third-order valence-electron chi connectivity index (χ3n) is 4.51. The predicted molar refractivity (Wildman–Crippen MR) is 118 cm³/mol. The highest BCUT2D eigenvalue weighted by Crippen LogP contribution is 2.34.